The van der Waals surface area contributed by atoms with Gasteiger partial charge in [0.15, 0.2) is 11.6 Å². The lowest BCUT2D eigenvalue weighted by Gasteiger charge is -2.73. The zero-order chi connectivity index (χ0) is 30.4. The molecule has 5 aliphatic carbocycles. The number of carbonyl (C=O) groups is 3. The van der Waals surface area contributed by atoms with Crippen molar-refractivity contribution < 1.29 is 27.6 Å². The maximum absolute atomic E-state index is 15.0. The Bertz CT molecular complexity index is 1340. The molecule has 2 unspecified atom stereocenters. The summed E-state index contributed by atoms with van der Waals surface area (Å²) in [4.78, 5) is 43.6. The van der Waals surface area contributed by atoms with Gasteiger partial charge in [0.05, 0.1) is 11.0 Å². The third-order valence-electron chi connectivity index (χ3n) is 14.1. The molecular formula is C33H43F3N2O3. The summed E-state index contributed by atoms with van der Waals surface area (Å²) in [5.41, 5.74) is -5.44. The molecule has 1 amide bonds. The molecule has 6 aliphatic rings. The Balaban J connectivity index is 1.59. The summed E-state index contributed by atoms with van der Waals surface area (Å²) in [6.45, 7) is 12.8. The number of likely N-dealkylation sites (tertiary alicyclic amines) is 1. The summed E-state index contributed by atoms with van der Waals surface area (Å²) in [5, 5.41) is 9.93. The van der Waals surface area contributed by atoms with E-state index in [1.807, 2.05) is 20.8 Å². The largest absolute Gasteiger partial charge is 0.406 e. The lowest BCUT2D eigenvalue weighted by Crippen LogP contribution is -2.78. The van der Waals surface area contributed by atoms with Crippen LogP contribution in [0, 0.1) is 61.6 Å². The normalized spacial score (nSPS) is 47.9. The first-order chi connectivity index (χ1) is 18.7. The second-order valence-corrected chi connectivity index (χ2v) is 16.5. The summed E-state index contributed by atoms with van der Waals surface area (Å²) < 4.78 is 42.9. The van der Waals surface area contributed by atoms with Gasteiger partial charge in [0.25, 0.3) is 0 Å². The maximum atomic E-state index is 15.0. The Labute approximate surface area is 241 Å². The first kappa shape index (κ1) is 28.9. The number of allylic oxidation sites excluding steroid dienone is 2. The van der Waals surface area contributed by atoms with Gasteiger partial charge < -0.3 is 4.90 Å². The Morgan fingerprint density at radius 2 is 1.56 bits per heavy atom. The van der Waals surface area contributed by atoms with Gasteiger partial charge in [0.2, 0.25) is 5.91 Å². The fraction of sp³-hybridized carbons (Fsp3) is 0.818. The predicted octanol–water partition coefficient (Wildman–Crippen LogP) is 6.81. The third-order valence-corrected chi connectivity index (χ3v) is 14.1. The summed E-state index contributed by atoms with van der Waals surface area (Å²) in [7, 11) is 0. The Kier molecular flexibility index (Phi) is 5.54. The fourth-order valence-electron chi connectivity index (χ4n) is 12.1. The number of nitriles is 1. The molecular weight excluding hydrogens is 529 g/mol. The van der Waals surface area contributed by atoms with E-state index in [1.54, 1.807) is 6.08 Å². The van der Waals surface area contributed by atoms with Crippen LogP contribution in [-0.2, 0) is 14.4 Å². The number of hydrogen-bond acceptors (Lipinski definition) is 4. The highest BCUT2D eigenvalue weighted by Gasteiger charge is 2.84. The maximum Gasteiger partial charge on any atom is 0.406 e. The molecule has 8 heteroatoms. The number of Topliss-reactive ketones (excluding diaryl/α,β-unsaturated/α-hetero) is 2. The molecule has 5 nitrogen and oxygen atoms in total. The van der Waals surface area contributed by atoms with Crippen LogP contribution in [0.15, 0.2) is 11.6 Å². The van der Waals surface area contributed by atoms with Crippen molar-refractivity contribution in [3.63, 3.8) is 0 Å². The second kappa shape index (κ2) is 7.85. The SMILES string of the molecule is CC1(C)CCC23CC[C@@]4(C)[C@]5(C)CC[C@H]6C(C)(C)C(=O)C(C#N)=C[C@]6(C)[C@H]5CC(=O)[C@@]4(C2C1)N(CC(F)(F)F)C3=O. The van der Waals surface area contributed by atoms with Gasteiger partial charge in [-0.1, -0.05) is 54.5 Å². The highest BCUT2D eigenvalue weighted by molar-refractivity contribution is 6.05. The highest BCUT2D eigenvalue weighted by Crippen LogP contribution is 2.80. The van der Waals surface area contributed by atoms with Crippen LogP contribution in [0.2, 0.25) is 0 Å². The molecule has 4 saturated carbocycles. The van der Waals surface area contributed by atoms with E-state index in [1.165, 1.54) is 0 Å². The van der Waals surface area contributed by atoms with Crippen LogP contribution in [-0.4, -0.2) is 40.6 Å². The topological polar surface area (TPSA) is 78.2 Å². The van der Waals surface area contributed by atoms with Crippen molar-refractivity contribution in [3.8, 4) is 6.07 Å². The highest BCUT2D eigenvalue weighted by atomic mass is 19.4. The number of halogens is 3. The Hall–Kier alpha value is -2.17. The van der Waals surface area contributed by atoms with Gasteiger partial charge in [-0.25, -0.2) is 0 Å². The minimum Gasteiger partial charge on any atom is -0.319 e. The number of amides is 1. The average Bonchev–Trinajstić information content (AvgIpc) is 2.99. The predicted molar refractivity (Wildman–Crippen MR) is 146 cm³/mol. The molecule has 1 aliphatic heterocycles. The molecule has 224 valence electrons. The van der Waals surface area contributed by atoms with Crippen molar-refractivity contribution in [3.05, 3.63) is 11.6 Å². The van der Waals surface area contributed by atoms with E-state index >= 15 is 0 Å². The van der Waals surface area contributed by atoms with E-state index in [9.17, 15) is 32.8 Å². The lowest BCUT2D eigenvalue weighted by molar-refractivity contribution is -0.242. The number of rotatable bonds is 1. The molecule has 0 radical (unpaired) electrons. The first-order valence-electron chi connectivity index (χ1n) is 15.3. The van der Waals surface area contributed by atoms with Gasteiger partial charge in [-0.3, -0.25) is 14.4 Å². The molecule has 0 aromatic carbocycles. The van der Waals surface area contributed by atoms with Crippen LogP contribution >= 0.6 is 0 Å². The van der Waals surface area contributed by atoms with Crippen molar-refractivity contribution in [1.29, 1.82) is 5.26 Å². The number of alkyl halides is 3. The zero-order valence-corrected chi connectivity index (χ0v) is 25.4. The smallest absolute Gasteiger partial charge is 0.319 e. The number of ketones is 2. The number of fused-ring (bicyclic) bond motifs is 4. The van der Waals surface area contributed by atoms with Crippen LogP contribution < -0.4 is 0 Å². The van der Waals surface area contributed by atoms with Crippen molar-refractivity contribution in [1.82, 2.24) is 4.90 Å². The molecule has 0 N–H and O–H groups in total. The third kappa shape index (κ3) is 3.12. The van der Waals surface area contributed by atoms with Gasteiger partial charge >= 0.3 is 6.18 Å². The minimum atomic E-state index is -4.63. The van der Waals surface area contributed by atoms with Crippen LogP contribution in [0.1, 0.15) is 99.8 Å². The first-order valence-corrected chi connectivity index (χ1v) is 15.3. The molecule has 0 aromatic heterocycles. The van der Waals surface area contributed by atoms with E-state index in [2.05, 4.69) is 33.8 Å². The van der Waals surface area contributed by atoms with E-state index < -0.39 is 57.2 Å². The van der Waals surface area contributed by atoms with Crippen LogP contribution in [0.5, 0.6) is 0 Å². The molecule has 41 heavy (non-hydrogen) atoms. The molecule has 0 aromatic rings. The van der Waals surface area contributed by atoms with Crippen LogP contribution in [0.25, 0.3) is 0 Å². The molecule has 5 fully saturated rings. The summed E-state index contributed by atoms with van der Waals surface area (Å²) >= 11 is 0. The Morgan fingerprint density at radius 3 is 2.17 bits per heavy atom. The zero-order valence-electron chi connectivity index (χ0n) is 25.4. The summed E-state index contributed by atoms with van der Waals surface area (Å²) in [5.74, 6) is -1.72. The van der Waals surface area contributed by atoms with Gasteiger partial charge in [-0.15, -0.1) is 0 Å². The van der Waals surface area contributed by atoms with Gasteiger partial charge in [-0.05, 0) is 73.0 Å². The van der Waals surface area contributed by atoms with Crippen molar-refractivity contribution in [2.24, 2.45) is 50.2 Å². The van der Waals surface area contributed by atoms with Gasteiger partial charge in [-0.2, -0.15) is 18.4 Å². The monoisotopic (exact) mass is 572 g/mol. The molecule has 6 rings (SSSR count). The van der Waals surface area contributed by atoms with Crippen molar-refractivity contribution in [2.75, 3.05) is 6.54 Å². The van der Waals surface area contributed by atoms with E-state index in [0.717, 1.165) is 11.3 Å². The van der Waals surface area contributed by atoms with E-state index in [4.69, 9.17) is 0 Å². The summed E-state index contributed by atoms with van der Waals surface area (Å²) in [6, 6.07) is 2.11. The van der Waals surface area contributed by atoms with Gasteiger partial charge in [0, 0.05) is 23.2 Å². The summed E-state index contributed by atoms with van der Waals surface area (Å²) in [6.07, 6.45) is 1.39. The fourth-order valence-corrected chi connectivity index (χ4v) is 12.1. The molecule has 1 heterocycles. The quantitative estimate of drug-likeness (QED) is 0.346. The molecule has 8 atom stereocenters. The van der Waals surface area contributed by atoms with Crippen molar-refractivity contribution >= 4 is 17.5 Å². The molecule has 1 spiro atoms. The minimum absolute atomic E-state index is 0.0488. The number of hydrogen-bond donors (Lipinski definition) is 0. The van der Waals surface area contributed by atoms with E-state index in [-0.39, 0.29) is 40.8 Å². The van der Waals surface area contributed by atoms with Crippen molar-refractivity contribution in [2.45, 2.75) is 112 Å². The Morgan fingerprint density at radius 1 is 0.927 bits per heavy atom. The van der Waals surface area contributed by atoms with Crippen LogP contribution in [0.3, 0.4) is 0 Å². The lowest BCUT2D eigenvalue weighted by atomic mass is 9.30. The standard InChI is InChI=1S/C33H43F3N2O3/c1-26(2)10-12-31-13-11-30(7)29(6)9-8-20-27(3,4)24(40)19(17-37)15-28(20,5)21(29)14-23(39)33(30,22(31)16-26)38(25(31)41)18-32(34,35)36/h15,20-22H,8-14,16,18H2,1-7H3/t20-,21+,22?,28-,29+,30-,31?,33+/m0/s1. The number of carbonyl (C=O) groups excluding carboxylic acids is 3. The molecule has 2 bridgehead atoms. The van der Waals surface area contributed by atoms with Gasteiger partial charge in [0.1, 0.15) is 18.2 Å². The second-order valence-electron chi connectivity index (χ2n) is 16.5. The number of nitrogens with zero attached hydrogens (tertiary/aromatic N) is 2. The van der Waals surface area contributed by atoms with E-state index in [0.29, 0.717) is 38.5 Å². The average molecular weight is 573 g/mol. The molecule has 1 saturated heterocycles. The van der Waals surface area contributed by atoms with Crippen LogP contribution in [0.4, 0.5) is 13.2 Å².